The summed E-state index contributed by atoms with van der Waals surface area (Å²) in [5.41, 5.74) is -1.19. The lowest BCUT2D eigenvalue weighted by atomic mass is 10.5. The lowest BCUT2D eigenvalue weighted by Gasteiger charge is -2.00. The number of aromatic amines is 1. The Balaban J connectivity index is 3.27. The molecule has 0 radical (unpaired) electrons. The Labute approximate surface area is 72.8 Å². The van der Waals surface area contributed by atoms with Crippen LogP contribution in [-0.4, -0.2) is 15.5 Å². The van der Waals surface area contributed by atoms with Crippen LogP contribution in [0.3, 0.4) is 0 Å². The highest BCUT2D eigenvalue weighted by atomic mass is 16.5. The Morgan fingerprint density at radius 2 is 2.15 bits per heavy atom. The lowest BCUT2D eigenvalue weighted by molar-refractivity contribution is -0.132. The molecular weight excluding hydrogens is 176 g/mol. The van der Waals surface area contributed by atoms with Gasteiger partial charge in [0.05, 0.1) is 6.20 Å². The molecule has 1 aromatic heterocycles. The van der Waals surface area contributed by atoms with Gasteiger partial charge in [0.2, 0.25) is 5.75 Å². The minimum Gasteiger partial charge on any atom is -0.419 e. The molecule has 1 aromatic rings. The highest BCUT2D eigenvalue weighted by molar-refractivity contribution is 5.68. The quantitative estimate of drug-likeness (QED) is 0.567. The number of rotatable bonds is 1. The molecule has 0 spiro atoms. The van der Waals surface area contributed by atoms with E-state index in [9.17, 15) is 14.4 Å². The first-order valence-electron chi connectivity index (χ1n) is 3.49. The summed E-state index contributed by atoms with van der Waals surface area (Å²) >= 11 is 0. The smallest absolute Gasteiger partial charge is 0.328 e. The van der Waals surface area contributed by atoms with E-state index in [0.29, 0.717) is 0 Å². The highest BCUT2D eigenvalue weighted by Crippen LogP contribution is 1.96. The van der Waals surface area contributed by atoms with Crippen LogP contribution in [0.15, 0.2) is 15.8 Å². The second-order valence-electron chi connectivity index (χ2n) is 2.42. The average Bonchev–Trinajstić information content (AvgIpc) is 2.06. The zero-order chi connectivity index (χ0) is 10.0. The van der Waals surface area contributed by atoms with Gasteiger partial charge in [-0.15, -0.1) is 0 Å². The van der Waals surface area contributed by atoms with Crippen molar-refractivity contribution < 1.29 is 9.53 Å². The van der Waals surface area contributed by atoms with E-state index in [4.69, 9.17) is 0 Å². The van der Waals surface area contributed by atoms with Crippen LogP contribution in [0.5, 0.6) is 5.75 Å². The average molecular weight is 184 g/mol. The van der Waals surface area contributed by atoms with Crippen LogP contribution in [0, 0.1) is 0 Å². The van der Waals surface area contributed by atoms with Gasteiger partial charge < -0.3 is 9.72 Å². The number of esters is 1. The Hall–Kier alpha value is -1.85. The van der Waals surface area contributed by atoms with Crippen LogP contribution < -0.4 is 16.0 Å². The fraction of sp³-hybridized carbons (Fsp3) is 0.286. The van der Waals surface area contributed by atoms with Crippen molar-refractivity contribution >= 4 is 5.97 Å². The van der Waals surface area contributed by atoms with Gasteiger partial charge in [-0.1, -0.05) is 0 Å². The maximum Gasteiger partial charge on any atom is 0.328 e. The molecule has 0 bridgehead atoms. The Morgan fingerprint density at radius 3 is 2.69 bits per heavy atom. The molecule has 6 heteroatoms. The number of aromatic nitrogens is 2. The van der Waals surface area contributed by atoms with Crippen molar-refractivity contribution in [1.82, 2.24) is 9.55 Å². The van der Waals surface area contributed by atoms with Gasteiger partial charge in [-0.3, -0.25) is 14.2 Å². The van der Waals surface area contributed by atoms with Crippen LogP contribution in [0.4, 0.5) is 0 Å². The molecule has 0 aliphatic heterocycles. The van der Waals surface area contributed by atoms with Gasteiger partial charge in [0.1, 0.15) is 0 Å². The SMILES string of the molecule is CC(=O)Oc1c[nH]c(=O)n(C)c1=O. The summed E-state index contributed by atoms with van der Waals surface area (Å²) in [6, 6.07) is 0. The van der Waals surface area contributed by atoms with Gasteiger partial charge in [-0.25, -0.2) is 4.79 Å². The minimum absolute atomic E-state index is 0.186. The first-order chi connectivity index (χ1) is 6.02. The largest absolute Gasteiger partial charge is 0.419 e. The van der Waals surface area contributed by atoms with E-state index in [1.165, 1.54) is 14.0 Å². The molecule has 0 fully saturated rings. The molecule has 0 aliphatic carbocycles. The van der Waals surface area contributed by atoms with Gasteiger partial charge in [0, 0.05) is 14.0 Å². The number of hydrogen-bond donors (Lipinski definition) is 1. The van der Waals surface area contributed by atoms with Gasteiger partial charge in [0.25, 0.3) is 5.56 Å². The van der Waals surface area contributed by atoms with Gasteiger partial charge in [-0.05, 0) is 0 Å². The maximum atomic E-state index is 11.2. The summed E-state index contributed by atoms with van der Waals surface area (Å²) in [5.74, 6) is -0.793. The molecule has 1 N–H and O–H groups in total. The van der Waals surface area contributed by atoms with Gasteiger partial charge >= 0.3 is 11.7 Å². The van der Waals surface area contributed by atoms with Crippen molar-refractivity contribution in [3.05, 3.63) is 27.0 Å². The molecule has 70 valence electrons. The predicted octanol–water partition coefficient (Wildman–Crippen LogP) is -1.00. The number of nitrogens with one attached hydrogen (secondary N) is 1. The van der Waals surface area contributed by atoms with Gasteiger partial charge in [-0.2, -0.15) is 0 Å². The van der Waals surface area contributed by atoms with Crippen LogP contribution in [0.25, 0.3) is 0 Å². The van der Waals surface area contributed by atoms with Gasteiger partial charge in [0.15, 0.2) is 0 Å². The summed E-state index contributed by atoms with van der Waals surface area (Å²) in [6.07, 6.45) is 1.06. The highest BCUT2D eigenvalue weighted by Gasteiger charge is 2.06. The van der Waals surface area contributed by atoms with Crippen molar-refractivity contribution in [3.8, 4) is 5.75 Å². The molecule has 0 atom stereocenters. The Bertz CT molecular complexity index is 443. The summed E-state index contributed by atoms with van der Waals surface area (Å²) < 4.78 is 5.36. The summed E-state index contributed by atoms with van der Waals surface area (Å²) in [5, 5.41) is 0. The first kappa shape index (κ1) is 9.24. The topological polar surface area (TPSA) is 81.2 Å². The lowest BCUT2D eigenvalue weighted by Crippen LogP contribution is -2.33. The van der Waals surface area contributed by atoms with E-state index < -0.39 is 17.2 Å². The Kier molecular flexibility index (Phi) is 2.32. The second-order valence-corrected chi connectivity index (χ2v) is 2.42. The predicted molar refractivity (Wildman–Crippen MR) is 43.6 cm³/mol. The summed E-state index contributed by atoms with van der Waals surface area (Å²) in [6.45, 7) is 1.17. The molecule has 6 nitrogen and oxygen atoms in total. The van der Waals surface area contributed by atoms with Crippen LogP contribution in [0.1, 0.15) is 6.92 Å². The number of ether oxygens (including phenoxy) is 1. The van der Waals surface area contributed by atoms with E-state index >= 15 is 0 Å². The van der Waals surface area contributed by atoms with Crippen molar-refractivity contribution in [1.29, 1.82) is 0 Å². The number of nitrogens with zero attached hydrogens (tertiary/aromatic N) is 1. The fourth-order valence-electron chi connectivity index (χ4n) is 0.771. The van der Waals surface area contributed by atoms with Crippen molar-refractivity contribution in [2.24, 2.45) is 7.05 Å². The molecular formula is C7H8N2O4. The molecule has 0 saturated carbocycles. The molecule has 0 aromatic carbocycles. The van der Waals surface area contributed by atoms with Crippen molar-refractivity contribution in [2.45, 2.75) is 6.92 Å². The monoisotopic (exact) mass is 184 g/mol. The normalized spacial score (nSPS) is 9.69. The molecule has 1 heterocycles. The molecule has 0 unspecified atom stereocenters. The number of carbonyl (C=O) groups excluding carboxylic acids is 1. The standard InChI is InChI=1S/C7H8N2O4/c1-4(10)13-5-3-8-7(12)9(2)6(5)11/h3H,1-2H3,(H,8,12). The third-order valence-electron chi connectivity index (χ3n) is 1.40. The molecule has 0 amide bonds. The first-order valence-corrected chi connectivity index (χ1v) is 3.49. The van der Waals surface area contributed by atoms with E-state index in [1.54, 1.807) is 0 Å². The van der Waals surface area contributed by atoms with E-state index in [-0.39, 0.29) is 5.75 Å². The van der Waals surface area contributed by atoms with Crippen LogP contribution >= 0.6 is 0 Å². The van der Waals surface area contributed by atoms with Crippen molar-refractivity contribution in [2.75, 3.05) is 0 Å². The van der Waals surface area contributed by atoms with Crippen LogP contribution in [-0.2, 0) is 11.8 Å². The van der Waals surface area contributed by atoms with Crippen molar-refractivity contribution in [3.63, 3.8) is 0 Å². The fourth-order valence-corrected chi connectivity index (χ4v) is 0.771. The number of H-pyrrole nitrogens is 1. The number of hydrogen-bond acceptors (Lipinski definition) is 4. The molecule has 1 rings (SSSR count). The second kappa shape index (κ2) is 3.26. The summed E-state index contributed by atoms with van der Waals surface area (Å²) in [4.78, 5) is 34.8. The van der Waals surface area contributed by atoms with E-state index in [0.717, 1.165) is 10.8 Å². The minimum atomic E-state index is -0.640. The third-order valence-corrected chi connectivity index (χ3v) is 1.40. The maximum absolute atomic E-state index is 11.2. The van der Waals surface area contributed by atoms with Crippen LogP contribution in [0.2, 0.25) is 0 Å². The molecule has 0 saturated heterocycles. The molecule has 13 heavy (non-hydrogen) atoms. The zero-order valence-corrected chi connectivity index (χ0v) is 7.16. The molecule has 0 aliphatic rings. The summed E-state index contributed by atoms with van der Waals surface area (Å²) in [7, 11) is 1.29. The van der Waals surface area contributed by atoms with E-state index in [2.05, 4.69) is 9.72 Å². The third kappa shape index (κ3) is 1.84. The zero-order valence-electron chi connectivity index (χ0n) is 7.16. The Morgan fingerprint density at radius 1 is 1.54 bits per heavy atom. The number of carbonyl (C=O) groups is 1. The van der Waals surface area contributed by atoms with E-state index in [1.807, 2.05) is 0 Å².